The quantitative estimate of drug-likeness (QED) is 0.788. The third-order valence-corrected chi connectivity index (χ3v) is 3.94. The number of hydrogen-bond donors (Lipinski definition) is 2. The highest BCUT2D eigenvalue weighted by molar-refractivity contribution is 5.97. The summed E-state index contributed by atoms with van der Waals surface area (Å²) >= 11 is 0. The molecule has 1 aliphatic heterocycles. The predicted molar refractivity (Wildman–Crippen MR) is 82.6 cm³/mol. The van der Waals surface area contributed by atoms with Crippen LogP contribution in [0.2, 0.25) is 0 Å². The van der Waals surface area contributed by atoms with Crippen LogP contribution in [0.25, 0.3) is 0 Å². The van der Waals surface area contributed by atoms with Crippen molar-refractivity contribution in [3.63, 3.8) is 0 Å². The molecule has 0 spiro atoms. The average molecular weight is 286 g/mol. The molecule has 2 aliphatic rings. The van der Waals surface area contributed by atoms with Crippen LogP contribution in [0, 0.1) is 5.92 Å². The summed E-state index contributed by atoms with van der Waals surface area (Å²) in [4.78, 5) is 12.3. The van der Waals surface area contributed by atoms with Gasteiger partial charge in [-0.1, -0.05) is 23.8 Å². The summed E-state index contributed by atoms with van der Waals surface area (Å²) in [5, 5.41) is 6.26. The lowest BCUT2D eigenvalue weighted by Crippen LogP contribution is -2.29. The maximum atomic E-state index is 12.3. The van der Waals surface area contributed by atoms with E-state index in [1.165, 1.54) is 18.4 Å². The van der Waals surface area contributed by atoms with Crippen molar-refractivity contribution in [1.29, 1.82) is 0 Å². The minimum Gasteiger partial charge on any atom is -0.492 e. The van der Waals surface area contributed by atoms with Gasteiger partial charge in [0.2, 0.25) is 0 Å². The highest BCUT2D eigenvalue weighted by Gasteiger charge is 2.23. The number of amides is 1. The summed E-state index contributed by atoms with van der Waals surface area (Å²) in [6, 6.07) is 7.49. The first-order valence-corrected chi connectivity index (χ1v) is 7.71. The molecule has 1 amide bonds. The van der Waals surface area contributed by atoms with Crippen molar-refractivity contribution in [3.05, 3.63) is 41.5 Å². The average Bonchev–Trinajstić information content (AvgIpc) is 3.36. The number of hydrogen-bond acceptors (Lipinski definition) is 3. The summed E-state index contributed by atoms with van der Waals surface area (Å²) in [5.41, 5.74) is 1.92. The van der Waals surface area contributed by atoms with E-state index < -0.39 is 0 Å². The van der Waals surface area contributed by atoms with Crippen molar-refractivity contribution in [2.45, 2.75) is 19.3 Å². The largest absolute Gasteiger partial charge is 0.492 e. The van der Waals surface area contributed by atoms with Gasteiger partial charge in [0, 0.05) is 13.1 Å². The molecule has 3 rings (SSSR count). The Labute approximate surface area is 125 Å². The van der Waals surface area contributed by atoms with E-state index in [9.17, 15) is 4.79 Å². The summed E-state index contributed by atoms with van der Waals surface area (Å²) in [7, 11) is 0. The fraction of sp³-hybridized carbons (Fsp3) is 0.471. The van der Waals surface area contributed by atoms with Gasteiger partial charge in [0.15, 0.2) is 0 Å². The highest BCUT2D eigenvalue weighted by Crippen LogP contribution is 2.30. The molecular formula is C17H22N2O2. The fourth-order valence-electron chi connectivity index (χ4n) is 2.39. The summed E-state index contributed by atoms with van der Waals surface area (Å²) in [6.07, 6.45) is 5.65. The Morgan fingerprint density at radius 2 is 2.19 bits per heavy atom. The second-order valence-electron chi connectivity index (χ2n) is 5.75. The van der Waals surface area contributed by atoms with E-state index in [1.54, 1.807) is 0 Å². The Hall–Kier alpha value is -1.81. The first-order chi connectivity index (χ1) is 10.3. The van der Waals surface area contributed by atoms with Crippen LogP contribution in [0.4, 0.5) is 0 Å². The molecule has 1 fully saturated rings. The van der Waals surface area contributed by atoms with Gasteiger partial charge < -0.3 is 15.4 Å². The summed E-state index contributed by atoms with van der Waals surface area (Å²) < 4.78 is 5.79. The number of ether oxygens (including phenoxy) is 1. The van der Waals surface area contributed by atoms with Crippen LogP contribution in [-0.4, -0.2) is 32.1 Å². The molecule has 0 unspecified atom stereocenters. The smallest absolute Gasteiger partial charge is 0.255 e. The number of rotatable bonds is 6. The van der Waals surface area contributed by atoms with Crippen molar-refractivity contribution < 1.29 is 9.53 Å². The Morgan fingerprint density at radius 1 is 1.33 bits per heavy atom. The van der Waals surface area contributed by atoms with Crippen LogP contribution in [0.3, 0.4) is 0 Å². The SMILES string of the molecule is O=C(NCC1=CCNCC1)c1ccccc1OCC1CC1. The fourth-order valence-corrected chi connectivity index (χ4v) is 2.39. The van der Waals surface area contributed by atoms with Gasteiger partial charge in [0.05, 0.1) is 12.2 Å². The van der Waals surface area contributed by atoms with Gasteiger partial charge in [-0.05, 0) is 43.9 Å². The zero-order valence-electron chi connectivity index (χ0n) is 12.2. The van der Waals surface area contributed by atoms with Crippen molar-refractivity contribution in [2.75, 3.05) is 26.2 Å². The second kappa shape index (κ2) is 6.76. The van der Waals surface area contributed by atoms with Crippen LogP contribution in [-0.2, 0) is 0 Å². The lowest BCUT2D eigenvalue weighted by atomic mass is 10.1. The van der Waals surface area contributed by atoms with Gasteiger partial charge in [-0.15, -0.1) is 0 Å². The van der Waals surface area contributed by atoms with Gasteiger partial charge in [-0.25, -0.2) is 0 Å². The van der Waals surface area contributed by atoms with E-state index in [0.717, 1.165) is 26.1 Å². The minimum atomic E-state index is -0.0548. The standard InChI is InChI=1S/C17H22N2O2/c20-17(19-11-13-7-9-18-10-8-13)15-3-1-2-4-16(15)21-12-14-5-6-14/h1-4,7,14,18H,5-6,8-12H2,(H,19,20). The van der Waals surface area contributed by atoms with Crippen LogP contribution in [0.15, 0.2) is 35.9 Å². The topological polar surface area (TPSA) is 50.4 Å². The third kappa shape index (κ3) is 4.08. The molecule has 1 aliphatic carbocycles. The zero-order valence-corrected chi connectivity index (χ0v) is 12.2. The maximum Gasteiger partial charge on any atom is 0.255 e. The van der Waals surface area contributed by atoms with E-state index in [0.29, 0.717) is 23.8 Å². The maximum absolute atomic E-state index is 12.3. The predicted octanol–water partition coefficient (Wildman–Crippen LogP) is 2.12. The molecule has 2 N–H and O–H groups in total. The van der Waals surface area contributed by atoms with E-state index in [-0.39, 0.29) is 5.91 Å². The Balaban J connectivity index is 1.58. The molecule has 1 aromatic carbocycles. The number of benzene rings is 1. The lowest BCUT2D eigenvalue weighted by Gasteiger charge is -2.15. The molecule has 112 valence electrons. The molecular weight excluding hydrogens is 264 g/mol. The lowest BCUT2D eigenvalue weighted by molar-refractivity contribution is 0.0952. The van der Waals surface area contributed by atoms with Crippen LogP contribution in [0.1, 0.15) is 29.6 Å². The van der Waals surface area contributed by atoms with Crippen molar-refractivity contribution in [2.24, 2.45) is 5.92 Å². The van der Waals surface area contributed by atoms with Gasteiger partial charge >= 0.3 is 0 Å². The number of carbonyl (C=O) groups excluding carboxylic acids is 1. The Kier molecular flexibility index (Phi) is 4.55. The van der Waals surface area contributed by atoms with Crippen LogP contribution >= 0.6 is 0 Å². The summed E-state index contributed by atoms with van der Waals surface area (Å²) in [6.45, 7) is 3.23. The molecule has 21 heavy (non-hydrogen) atoms. The van der Waals surface area contributed by atoms with Crippen molar-refractivity contribution in [3.8, 4) is 5.75 Å². The molecule has 0 atom stereocenters. The first kappa shape index (κ1) is 14.1. The molecule has 1 aromatic rings. The van der Waals surface area contributed by atoms with Gasteiger partial charge in [0.25, 0.3) is 5.91 Å². The molecule has 0 saturated heterocycles. The Morgan fingerprint density at radius 3 is 2.95 bits per heavy atom. The van der Waals surface area contributed by atoms with Crippen molar-refractivity contribution in [1.82, 2.24) is 10.6 Å². The van der Waals surface area contributed by atoms with Crippen LogP contribution in [0.5, 0.6) is 5.75 Å². The van der Waals surface area contributed by atoms with E-state index >= 15 is 0 Å². The normalized spacial score (nSPS) is 18.0. The molecule has 1 heterocycles. The van der Waals surface area contributed by atoms with Gasteiger partial charge in [0.1, 0.15) is 5.75 Å². The molecule has 0 radical (unpaired) electrons. The molecule has 4 nitrogen and oxygen atoms in total. The Bertz CT molecular complexity index is 535. The van der Waals surface area contributed by atoms with E-state index in [2.05, 4.69) is 16.7 Å². The molecule has 0 bridgehead atoms. The summed E-state index contributed by atoms with van der Waals surface area (Å²) in [5.74, 6) is 1.32. The molecule has 4 heteroatoms. The first-order valence-electron chi connectivity index (χ1n) is 7.71. The molecule has 1 saturated carbocycles. The highest BCUT2D eigenvalue weighted by atomic mass is 16.5. The molecule has 0 aromatic heterocycles. The van der Waals surface area contributed by atoms with E-state index in [4.69, 9.17) is 4.74 Å². The number of carbonyl (C=O) groups is 1. The minimum absolute atomic E-state index is 0.0548. The van der Waals surface area contributed by atoms with E-state index in [1.807, 2.05) is 24.3 Å². The number of para-hydroxylation sites is 1. The number of nitrogens with one attached hydrogen (secondary N) is 2. The zero-order chi connectivity index (χ0) is 14.5. The second-order valence-corrected chi connectivity index (χ2v) is 5.75. The monoisotopic (exact) mass is 286 g/mol. The third-order valence-electron chi connectivity index (χ3n) is 3.94. The van der Waals surface area contributed by atoms with Crippen molar-refractivity contribution >= 4 is 5.91 Å². The van der Waals surface area contributed by atoms with Crippen LogP contribution < -0.4 is 15.4 Å². The van der Waals surface area contributed by atoms with Gasteiger partial charge in [-0.3, -0.25) is 4.79 Å². The van der Waals surface area contributed by atoms with Gasteiger partial charge in [-0.2, -0.15) is 0 Å².